The third kappa shape index (κ3) is 4.30. The van der Waals surface area contributed by atoms with Crippen LogP contribution in [-0.4, -0.2) is 0 Å². The quantitative estimate of drug-likeness (QED) is 0.199. The van der Waals surface area contributed by atoms with Crippen LogP contribution in [0.5, 0.6) is 0 Å². The van der Waals surface area contributed by atoms with Crippen molar-refractivity contribution in [2.75, 3.05) is 0 Å². The van der Waals surface area contributed by atoms with Crippen LogP contribution in [0.1, 0.15) is 22.3 Å². The van der Waals surface area contributed by atoms with Gasteiger partial charge >= 0.3 is 0 Å². The lowest BCUT2D eigenvalue weighted by Gasteiger charge is -2.30. The molecule has 1 aliphatic rings. The van der Waals surface area contributed by atoms with Crippen molar-refractivity contribution in [1.82, 2.24) is 0 Å². The van der Waals surface area contributed by atoms with Crippen LogP contribution in [-0.2, 0) is 6.42 Å². The predicted molar refractivity (Wildman–Crippen MR) is 174 cm³/mol. The van der Waals surface area contributed by atoms with Crippen molar-refractivity contribution in [3.63, 3.8) is 0 Å². The molecule has 0 aliphatic carbocycles. The number of rotatable bonds is 4. The zero-order valence-electron chi connectivity index (χ0n) is 22.9. The van der Waals surface area contributed by atoms with Gasteiger partial charge in [0.1, 0.15) is 0 Å². The molecule has 0 amide bonds. The van der Waals surface area contributed by atoms with Crippen molar-refractivity contribution in [2.24, 2.45) is 0 Å². The second kappa shape index (κ2) is 10.4. The van der Waals surface area contributed by atoms with Crippen LogP contribution in [0, 0.1) is 13.8 Å². The van der Waals surface area contributed by atoms with E-state index in [1.807, 2.05) is 0 Å². The highest BCUT2D eigenvalue weighted by Gasteiger charge is 2.28. The van der Waals surface area contributed by atoms with Crippen LogP contribution < -0.4 is 10.6 Å². The van der Waals surface area contributed by atoms with Gasteiger partial charge < -0.3 is 0 Å². The number of fused-ring (bicyclic) bond motifs is 4. The first-order valence-corrected chi connectivity index (χ1v) is 15.0. The molecule has 0 fully saturated rings. The third-order valence-electron chi connectivity index (χ3n) is 8.21. The first-order valence-electron chi connectivity index (χ1n) is 14.0. The fourth-order valence-corrected chi connectivity index (χ4v) is 8.06. The molecule has 40 heavy (non-hydrogen) atoms. The summed E-state index contributed by atoms with van der Waals surface area (Å²) < 4.78 is 0. The van der Waals surface area contributed by atoms with Gasteiger partial charge in [0.25, 0.3) is 0 Å². The Morgan fingerprint density at radius 2 is 0.750 bits per heavy atom. The first-order chi connectivity index (χ1) is 19.7. The maximum atomic E-state index is 2.45. The van der Waals surface area contributed by atoms with Crippen LogP contribution in [0.2, 0.25) is 0 Å². The average Bonchev–Trinajstić information content (AvgIpc) is 3.01. The third-order valence-corrected chi connectivity index (χ3v) is 9.75. The van der Waals surface area contributed by atoms with Crippen LogP contribution in [0.15, 0.2) is 133 Å². The molecule has 0 saturated heterocycles. The molecule has 1 heteroatoms. The predicted octanol–water partition coefficient (Wildman–Crippen LogP) is 9.50. The lowest BCUT2D eigenvalue weighted by molar-refractivity contribution is 1.14. The highest BCUT2D eigenvalue weighted by Crippen LogP contribution is 2.44. The summed E-state index contributed by atoms with van der Waals surface area (Å²) in [6.45, 7) is 4.61. The molecule has 0 unspecified atom stereocenters. The summed E-state index contributed by atoms with van der Waals surface area (Å²) >= 11 is 0. The van der Waals surface area contributed by atoms with Crippen LogP contribution in [0.4, 0.5) is 0 Å². The fourth-order valence-electron chi connectivity index (χ4n) is 6.27. The zero-order chi connectivity index (χ0) is 27.1. The van der Waals surface area contributed by atoms with E-state index < -0.39 is 0 Å². The molecule has 6 aromatic rings. The van der Waals surface area contributed by atoms with Gasteiger partial charge in [0, 0.05) is 0 Å². The number of aryl methyl sites for hydroxylation is 2. The fraction of sp³-hybridized carbons (Fsp3) is 0.0769. The van der Waals surface area contributed by atoms with Gasteiger partial charge in [-0.15, -0.1) is 0 Å². The van der Waals surface area contributed by atoms with Gasteiger partial charge in [0.15, 0.2) is 0 Å². The summed E-state index contributed by atoms with van der Waals surface area (Å²) in [4.78, 5) is 0. The normalized spacial score (nSPS) is 12.1. The minimum Gasteiger partial charge on any atom is -0.0622 e. The highest BCUT2D eigenvalue weighted by molar-refractivity contribution is 7.57. The van der Waals surface area contributed by atoms with E-state index in [4.69, 9.17) is 0 Å². The summed E-state index contributed by atoms with van der Waals surface area (Å²) in [6, 6.07) is 48.9. The van der Waals surface area contributed by atoms with E-state index in [1.165, 1.54) is 77.4 Å². The first kappa shape index (κ1) is 24.8. The second-order valence-corrected chi connectivity index (χ2v) is 12.0. The van der Waals surface area contributed by atoms with E-state index in [0.717, 1.165) is 6.42 Å². The van der Waals surface area contributed by atoms with Gasteiger partial charge in [-0.2, -0.15) is 0 Å². The van der Waals surface area contributed by atoms with Crippen molar-refractivity contribution in [2.45, 2.75) is 20.3 Å². The Kier molecular flexibility index (Phi) is 6.43. The number of hydrogen-bond donors (Lipinski definition) is 0. The minimum atomic E-state index is 0.504. The Balaban J connectivity index is 1.61. The Hall–Kier alpha value is -4.25. The van der Waals surface area contributed by atoms with E-state index in [9.17, 15) is 0 Å². The van der Waals surface area contributed by atoms with E-state index in [1.54, 1.807) is 0 Å². The summed E-state index contributed by atoms with van der Waals surface area (Å²) in [7, 11) is 0.504. The van der Waals surface area contributed by atoms with Gasteiger partial charge in [-0.1, -0.05) is 142 Å². The maximum Gasteiger partial charge on any atom is -0.000771 e. The molecular formula is C39H31P. The zero-order valence-corrected chi connectivity index (χ0v) is 23.9. The van der Waals surface area contributed by atoms with Gasteiger partial charge in [-0.05, 0) is 97.6 Å². The molecule has 192 valence electrons. The molecule has 0 aromatic heterocycles. The highest BCUT2D eigenvalue weighted by atomic mass is 31.1. The van der Waals surface area contributed by atoms with Gasteiger partial charge in [0.2, 0.25) is 0 Å². The lowest BCUT2D eigenvalue weighted by atomic mass is 9.83. The average molecular weight is 531 g/mol. The van der Waals surface area contributed by atoms with Crippen molar-refractivity contribution in [3.8, 4) is 44.5 Å². The molecule has 1 heterocycles. The van der Waals surface area contributed by atoms with Crippen LogP contribution in [0.3, 0.4) is 0 Å². The van der Waals surface area contributed by atoms with Crippen LogP contribution >= 0.6 is 8.58 Å². The monoisotopic (exact) mass is 530 g/mol. The minimum absolute atomic E-state index is 0.504. The maximum absolute atomic E-state index is 2.45. The summed E-state index contributed by atoms with van der Waals surface area (Å²) in [6.07, 6.45) is 0.917. The van der Waals surface area contributed by atoms with Crippen molar-refractivity contribution < 1.29 is 0 Å². The molecule has 7 rings (SSSR count). The summed E-state index contributed by atoms with van der Waals surface area (Å²) in [5.41, 5.74) is 16.3. The molecule has 0 radical (unpaired) electrons. The van der Waals surface area contributed by atoms with E-state index in [2.05, 4.69) is 147 Å². The number of hydrogen-bond acceptors (Lipinski definition) is 0. The van der Waals surface area contributed by atoms with Gasteiger partial charge in [0.05, 0.1) is 0 Å². The largest absolute Gasteiger partial charge is 0.0622 e. The molecular weight excluding hydrogens is 499 g/mol. The molecule has 0 nitrogen and oxygen atoms in total. The van der Waals surface area contributed by atoms with Crippen molar-refractivity contribution in [3.05, 3.63) is 156 Å². The van der Waals surface area contributed by atoms with Gasteiger partial charge in [-0.25, -0.2) is 0 Å². The smallest absolute Gasteiger partial charge is 0.000771 e. The Morgan fingerprint density at radius 1 is 0.425 bits per heavy atom. The van der Waals surface area contributed by atoms with Gasteiger partial charge in [-0.3, -0.25) is 0 Å². The van der Waals surface area contributed by atoms with E-state index >= 15 is 0 Å². The van der Waals surface area contributed by atoms with Crippen molar-refractivity contribution >= 4 is 19.2 Å². The second-order valence-electron chi connectivity index (χ2n) is 10.7. The Bertz CT molecular complexity index is 1680. The Labute approximate surface area is 239 Å². The number of benzene rings is 6. The van der Waals surface area contributed by atoms with E-state index in [-0.39, 0.29) is 0 Å². The molecule has 6 aromatic carbocycles. The standard InChI is InChI=1S/C39H31P/c1-26-23-34(28-15-7-3-8-16-28)38-36(30-19-11-5-12-20-30)32(26)25-33-27(2)24-35(29-17-9-4-10-18-29)39(40-38)37(33)31-21-13-6-14-22-31/h3-24,40H,25H2,1-2H3. The molecule has 4 bridgehead atoms. The topological polar surface area (TPSA) is 0 Å². The summed E-state index contributed by atoms with van der Waals surface area (Å²) in [5, 5.41) is 2.89. The van der Waals surface area contributed by atoms with Crippen LogP contribution in [0.25, 0.3) is 44.5 Å². The molecule has 0 atom stereocenters. The molecule has 0 N–H and O–H groups in total. The molecule has 0 spiro atoms. The van der Waals surface area contributed by atoms with Crippen molar-refractivity contribution in [1.29, 1.82) is 0 Å². The summed E-state index contributed by atoms with van der Waals surface area (Å²) in [5.74, 6) is 0. The Morgan fingerprint density at radius 3 is 1.10 bits per heavy atom. The lowest BCUT2D eigenvalue weighted by Crippen LogP contribution is -2.21. The van der Waals surface area contributed by atoms with E-state index in [0.29, 0.717) is 8.58 Å². The molecule has 0 saturated carbocycles. The molecule has 1 aliphatic heterocycles. The SMILES string of the molecule is Cc1cc(-c2ccccc2)c2c(-c3ccccc3)c1Cc1c(C)cc(-c3ccccc3)c(c1-c1ccccc1)P2.